The van der Waals surface area contributed by atoms with Gasteiger partial charge in [0.1, 0.15) is 0 Å². The first-order valence-electron chi connectivity index (χ1n) is 16.4. The maximum absolute atomic E-state index is 2.43. The molecule has 1 aliphatic rings. The van der Waals surface area contributed by atoms with Gasteiger partial charge < -0.3 is 0 Å². The molecule has 0 spiro atoms. The van der Waals surface area contributed by atoms with E-state index >= 15 is 0 Å². The van der Waals surface area contributed by atoms with Crippen molar-refractivity contribution >= 4 is 73.8 Å². The number of hydrogen-bond acceptors (Lipinski definition) is 2. The summed E-state index contributed by atoms with van der Waals surface area (Å²) in [6.07, 6.45) is 0. The Hall–Kier alpha value is -5.54. The molecule has 222 valence electrons. The summed E-state index contributed by atoms with van der Waals surface area (Å²) in [6, 6.07) is 59.0. The van der Waals surface area contributed by atoms with Crippen LogP contribution in [0.1, 0.15) is 0 Å². The summed E-state index contributed by atoms with van der Waals surface area (Å²) >= 11 is 3.77. The Kier molecular flexibility index (Phi) is 5.51. The first-order chi connectivity index (χ1) is 23.8. The summed E-state index contributed by atoms with van der Waals surface area (Å²) in [4.78, 5) is 0. The average molecular weight is 643 g/mol. The first kappa shape index (κ1) is 26.5. The lowest BCUT2D eigenvalue weighted by atomic mass is 9.88. The van der Waals surface area contributed by atoms with Gasteiger partial charge in [0.25, 0.3) is 0 Å². The van der Waals surface area contributed by atoms with Crippen molar-refractivity contribution in [3.05, 3.63) is 158 Å². The van der Waals surface area contributed by atoms with Crippen LogP contribution in [0.25, 0.3) is 107 Å². The molecule has 2 heterocycles. The van der Waals surface area contributed by atoms with Gasteiger partial charge in [0.05, 0.1) is 0 Å². The fourth-order valence-corrected chi connectivity index (χ4v) is 10.4. The third-order valence-electron chi connectivity index (χ3n) is 10.2. The highest BCUT2D eigenvalue weighted by atomic mass is 32.1. The highest BCUT2D eigenvalue weighted by Gasteiger charge is 2.23. The molecule has 48 heavy (non-hydrogen) atoms. The molecule has 2 heteroatoms. The van der Waals surface area contributed by atoms with Crippen LogP contribution in [0.3, 0.4) is 0 Å². The molecular formula is C46H26S2. The first-order valence-corrected chi connectivity index (χ1v) is 18.1. The van der Waals surface area contributed by atoms with Crippen LogP contribution in [-0.4, -0.2) is 0 Å². The summed E-state index contributed by atoms with van der Waals surface area (Å²) in [7, 11) is 0. The fraction of sp³-hybridized carbons (Fsp3) is 0. The standard InChI is InChI=1S/C46H26S2/c1-2-11-34-33(10-1)36-17-7-16-35-30(22-23-37(34)44(35)36)27-24-28(31-14-8-20-42-45(31)38-12-3-5-18-40(38)47-42)26-29(25-27)32-15-9-21-43-46(32)39-13-4-6-19-41(39)48-43/h1-26H. The van der Waals surface area contributed by atoms with E-state index in [0.29, 0.717) is 0 Å². The molecule has 0 saturated heterocycles. The number of rotatable bonds is 3. The van der Waals surface area contributed by atoms with E-state index in [1.165, 1.54) is 107 Å². The van der Waals surface area contributed by atoms with E-state index in [1.807, 2.05) is 22.7 Å². The predicted molar refractivity (Wildman–Crippen MR) is 210 cm³/mol. The van der Waals surface area contributed by atoms with E-state index < -0.39 is 0 Å². The Balaban J connectivity index is 1.24. The highest BCUT2D eigenvalue weighted by Crippen LogP contribution is 2.50. The quantitative estimate of drug-likeness (QED) is 0.180. The second-order valence-corrected chi connectivity index (χ2v) is 15.0. The van der Waals surface area contributed by atoms with E-state index in [-0.39, 0.29) is 0 Å². The summed E-state index contributed by atoms with van der Waals surface area (Å²) < 4.78 is 5.32. The third kappa shape index (κ3) is 3.70. The van der Waals surface area contributed by atoms with Crippen molar-refractivity contribution in [2.45, 2.75) is 0 Å². The molecule has 2 aromatic heterocycles. The number of hydrogen-bond donors (Lipinski definition) is 0. The number of fused-ring (bicyclic) bond motifs is 9. The van der Waals surface area contributed by atoms with Crippen molar-refractivity contribution in [3.8, 4) is 55.6 Å². The normalized spacial score (nSPS) is 12.2. The van der Waals surface area contributed by atoms with Crippen LogP contribution in [0.4, 0.5) is 0 Å². The van der Waals surface area contributed by atoms with Gasteiger partial charge in [-0.1, -0.05) is 115 Å². The lowest BCUT2D eigenvalue weighted by Gasteiger charge is -2.15. The van der Waals surface area contributed by atoms with Gasteiger partial charge in [0, 0.05) is 40.3 Å². The molecule has 0 unspecified atom stereocenters. The van der Waals surface area contributed by atoms with Crippen molar-refractivity contribution < 1.29 is 0 Å². The smallest absolute Gasteiger partial charge is 0.0361 e. The zero-order valence-electron chi connectivity index (χ0n) is 25.8. The van der Waals surface area contributed by atoms with E-state index in [1.54, 1.807) is 0 Å². The summed E-state index contributed by atoms with van der Waals surface area (Å²) in [6.45, 7) is 0. The van der Waals surface area contributed by atoms with Crippen molar-refractivity contribution in [2.24, 2.45) is 0 Å². The number of thiophene rings is 2. The predicted octanol–water partition coefficient (Wildman–Crippen LogP) is 14.2. The molecular weight excluding hydrogens is 617 g/mol. The molecule has 0 bridgehead atoms. The average Bonchev–Trinajstić information content (AvgIpc) is 3.82. The number of benzene rings is 8. The Labute approximate surface area is 285 Å². The molecule has 0 nitrogen and oxygen atoms in total. The highest BCUT2D eigenvalue weighted by molar-refractivity contribution is 7.26. The van der Waals surface area contributed by atoms with Gasteiger partial charge in [-0.2, -0.15) is 0 Å². The Bertz CT molecular complexity index is 2790. The van der Waals surface area contributed by atoms with Gasteiger partial charge in [-0.3, -0.25) is 0 Å². The molecule has 0 aliphatic heterocycles. The van der Waals surface area contributed by atoms with Crippen LogP contribution in [0, 0.1) is 0 Å². The summed E-state index contributed by atoms with van der Waals surface area (Å²) in [5.41, 5.74) is 12.9. The Morgan fingerprint density at radius 3 is 1.25 bits per heavy atom. The van der Waals surface area contributed by atoms with Gasteiger partial charge in [0.2, 0.25) is 0 Å². The Morgan fingerprint density at radius 2 is 0.646 bits per heavy atom. The van der Waals surface area contributed by atoms with E-state index in [9.17, 15) is 0 Å². The zero-order valence-corrected chi connectivity index (χ0v) is 27.5. The van der Waals surface area contributed by atoms with E-state index in [4.69, 9.17) is 0 Å². The molecule has 0 fully saturated rings. The van der Waals surface area contributed by atoms with Crippen molar-refractivity contribution in [3.63, 3.8) is 0 Å². The van der Waals surface area contributed by atoms with E-state index in [0.717, 1.165) is 0 Å². The molecule has 0 saturated carbocycles. The van der Waals surface area contributed by atoms with Crippen LogP contribution < -0.4 is 0 Å². The van der Waals surface area contributed by atoms with Gasteiger partial charge in [0.15, 0.2) is 0 Å². The largest absolute Gasteiger partial charge is 0.135 e. The fourth-order valence-electron chi connectivity index (χ4n) is 8.18. The van der Waals surface area contributed by atoms with Crippen molar-refractivity contribution in [1.82, 2.24) is 0 Å². The summed E-state index contributed by atoms with van der Waals surface area (Å²) in [5, 5.41) is 8.01. The minimum Gasteiger partial charge on any atom is -0.135 e. The van der Waals surface area contributed by atoms with Gasteiger partial charge in [-0.05, 0) is 109 Å². The minimum atomic E-state index is 1.25. The van der Waals surface area contributed by atoms with Gasteiger partial charge in [-0.15, -0.1) is 22.7 Å². The van der Waals surface area contributed by atoms with Crippen molar-refractivity contribution in [2.75, 3.05) is 0 Å². The lowest BCUT2D eigenvalue weighted by Crippen LogP contribution is -1.89. The lowest BCUT2D eigenvalue weighted by molar-refractivity contribution is 1.62. The molecule has 0 amide bonds. The third-order valence-corrected chi connectivity index (χ3v) is 12.5. The zero-order chi connectivity index (χ0) is 31.3. The van der Waals surface area contributed by atoms with Crippen LogP contribution in [0.15, 0.2) is 158 Å². The second kappa shape index (κ2) is 9.98. The molecule has 0 atom stereocenters. The van der Waals surface area contributed by atoms with E-state index in [2.05, 4.69) is 158 Å². The maximum Gasteiger partial charge on any atom is 0.0361 e. The second-order valence-electron chi connectivity index (χ2n) is 12.8. The van der Waals surface area contributed by atoms with Gasteiger partial charge >= 0.3 is 0 Å². The topological polar surface area (TPSA) is 0 Å². The molecule has 0 radical (unpaired) electrons. The van der Waals surface area contributed by atoms with Crippen LogP contribution in [0.2, 0.25) is 0 Å². The monoisotopic (exact) mass is 642 g/mol. The van der Waals surface area contributed by atoms with Crippen LogP contribution in [-0.2, 0) is 0 Å². The minimum absolute atomic E-state index is 1.25. The molecule has 11 rings (SSSR count). The Morgan fingerprint density at radius 1 is 0.250 bits per heavy atom. The van der Waals surface area contributed by atoms with Crippen LogP contribution in [0.5, 0.6) is 0 Å². The molecule has 8 aromatic carbocycles. The molecule has 0 N–H and O–H groups in total. The maximum atomic E-state index is 2.43. The summed E-state index contributed by atoms with van der Waals surface area (Å²) in [5.74, 6) is 0. The van der Waals surface area contributed by atoms with Gasteiger partial charge in [-0.25, -0.2) is 0 Å². The van der Waals surface area contributed by atoms with Crippen molar-refractivity contribution in [1.29, 1.82) is 0 Å². The van der Waals surface area contributed by atoms with Crippen LogP contribution >= 0.6 is 22.7 Å². The molecule has 1 aliphatic carbocycles. The molecule has 10 aromatic rings. The SMILES string of the molecule is c1ccc2c(c1)-c1cccc3c(-c4cc(-c5cccc6sc7ccccc7c56)cc(-c5cccc6sc7ccccc7c56)c4)ccc-2c13.